The lowest BCUT2D eigenvalue weighted by Gasteiger charge is -2.31. The Morgan fingerprint density at radius 3 is 2.33 bits per heavy atom. The molecule has 0 unspecified atom stereocenters. The van der Waals surface area contributed by atoms with Crippen molar-refractivity contribution < 1.29 is 9.72 Å². The normalized spacial score (nSPS) is 10.7. The predicted octanol–water partition coefficient (Wildman–Crippen LogP) is 2.57. The summed E-state index contributed by atoms with van der Waals surface area (Å²) in [5, 5.41) is 13.6. The van der Waals surface area contributed by atoms with Crippen molar-refractivity contribution in [2.45, 2.75) is 39.2 Å². The Bertz CT molecular complexity index is 508. The van der Waals surface area contributed by atoms with Crippen LogP contribution >= 0.6 is 12.4 Å². The molecule has 118 valence electrons. The number of nitrogens with zero attached hydrogens (tertiary/aromatic N) is 1. The van der Waals surface area contributed by atoms with Crippen LogP contribution in [0.2, 0.25) is 0 Å². The van der Waals surface area contributed by atoms with Crippen molar-refractivity contribution in [1.82, 2.24) is 5.32 Å². The van der Waals surface area contributed by atoms with Crippen LogP contribution in [0.3, 0.4) is 0 Å². The Hall–Kier alpha value is -1.66. The number of nitro benzene ring substituents is 1. The van der Waals surface area contributed by atoms with E-state index < -0.39 is 10.5 Å². The number of hydrogen-bond acceptors (Lipinski definition) is 4. The van der Waals surface area contributed by atoms with E-state index in [9.17, 15) is 14.9 Å². The quantitative estimate of drug-likeness (QED) is 0.622. The van der Waals surface area contributed by atoms with Crippen LogP contribution in [-0.2, 0) is 0 Å². The molecule has 0 aliphatic carbocycles. The van der Waals surface area contributed by atoms with Crippen LogP contribution in [0, 0.1) is 17.0 Å². The molecule has 0 radical (unpaired) electrons. The van der Waals surface area contributed by atoms with Crippen molar-refractivity contribution in [2.24, 2.45) is 5.73 Å². The number of nitrogens with two attached hydrogens (primary N) is 1. The van der Waals surface area contributed by atoms with E-state index in [4.69, 9.17) is 5.73 Å². The third-order valence-electron chi connectivity index (χ3n) is 3.79. The maximum absolute atomic E-state index is 12.3. The van der Waals surface area contributed by atoms with Gasteiger partial charge in [-0.05, 0) is 31.4 Å². The van der Waals surface area contributed by atoms with Gasteiger partial charge in [0, 0.05) is 24.2 Å². The van der Waals surface area contributed by atoms with E-state index in [1.807, 2.05) is 13.8 Å². The third kappa shape index (κ3) is 4.41. The Kier molecular flexibility index (Phi) is 7.32. The third-order valence-corrected chi connectivity index (χ3v) is 3.79. The maximum Gasteiger partial charge on any atom is 0.269 e. The van der Waals surface area contributed by atoms with E-state index in [0.29, 0.717) is 17.7 Å². The summed E-state index contributed by atoms with van der Waals surface area (Å²) in [5.41, 5.74) is 6.33. The van der Waals surface area contributed by atoms with Gasteiger partial charge in [0.1, 0.15) is 0 Å². The number of amides is 1. The first kappa shape index (κ1) is 19.3. The number of nitrogens with one attached hydrogen (secondary N) is 1. The van der Waals surface area contributed by atoms with Gasteiger partial charge in [0.05, 0.1) is 10.5 Å². The van der Waals surface area contributed by atoms with Crippen molar-refractivity contribution >= 4 is 24.0 Å². The fourth-order valence-corrected chi connectivity index (χ4v) is 2.09. The van der Waals surface area contributed by atoms with E-state index in [1.165, 1.54) is 18.2 Å². The number of halogens is 1. The molecule has 1 aromatic rings. The molecule has 1 rings (SSSR count). The molecule has 0 bridgehead atoms. The number of non-ortho nitro benzene ring substituents is 1. The lowest BCUT2D eigenvalue weighted by molar-refractivity contribution is -0.384. The summed E-state index contributed by atoms with van der Waals surface area (Å²) in [4.78, 5) is 22.5. The minimum absolute atomic E-state index is 0. The van der Waals surface area contributed by atoms with E-state index in [0.717, 1.165) is 12.8 Å². The minimum Gasteiger partial charge on any atom is -0.345 e. The molecule has 0 aliphatic heterocycles. The van der Waals surface area contributed by atoms with Gasteiger partial charge in [-0.1, -0.05) is 13.8 Å². The zero-order chi connectivity index (χ0) is 15.3. The van der Waals surface area contributed by atoms with Gasteiger partial charge in [0.2, 0.25) is 0 Å². The molecule has 0 saturated heterocycles. The monoisotopic (exact) mass is 315 g/mol. The number of aryl methyl sites for hydroxylation is 1. The molecule has 1 amide bonds. The molecule has 0 saturated carbocycles. The summed E-state index contributed by atoms with van der Waals surface area (Å²) in [5.74, 6) is -0.244. The Balaban J connectivity index is 0.00000400. The Morgan fingerprint density at radius 1 is 1.38 bits per heavy atom. The Morgan fingerprint density at radius 2 is 1.95 bits per heavy atom. The van der Waals surface area contributed by atoms with Gasteiger partial charge < -0.3 is 11.1 Å². The van der Waals surface area contributed by atoms with Crippen molar-refractivity contribution in [1.29, 1.82) is 0 Å². The molecule has 0 spiro atoms. The molecular formula is C14H22ClN3O3. The van der Waals surface area contributed by atoms with Gasteiger partial charge in [-0.25, -0.2) is 0 Å². The lowest BCUT2D eigenvalue weighted by atomic mass is 9.92. The molecule has 0 aliphatic rings. The van der Waals surface area contributed by atoms with E-state index in [-0.39, 0.29) is 24.0 Å². The summed E-state index contributed by atoms with van der Waals surface area (Å²) in [6.45, 7) is 5.99. The number of carbonyl (C=O) groups is 1. The molecule has 0 heterocycles. The van der Waals surface area contributed by atoms with Gasteiger partial charge in [-0.3, -0.25) is 14.9 Å². The SMILES string of the molecule is CCC(CC)(CN)NC(=O)c1ccc([N+](=O)[O-])cc1C.Cl. The number of hydrogen-bond donors (Lipinski definition) is 2. The van der Waals surface area contributed by atoms with Gasteiger partial charge in [0.25, 0.3) is 11.6 Å². The molecule has 0 fully saturated rings. The number of nitro groups is 1. The van der Waals surface area contributed by atoms with Gasteiger partial charge in [0.15, 0.2) is 0 Å². The van der Waals surface area contributed by atoms with Crippen LogP contribution in [0.5, 0.6) is 0 Å². The van der Waals surface area contributed by atoms with Crippen LogP contribution in [0.15, 0.2) is 18.2 Å². The zero-order valence-electron chi connectivity index (χ0n) is 12.5. The summed E-state index contributed by atoms with van der Waals surface area (Å²) < 4.78 is 0. The van der Waals surface area contributed by atoms with Crippen molar-refractivity contribution in [3.63, 3.8) is 0 Å². The highest BCUT2D eigenvalue weighted by Gasteiger charge is 2.27. The second-order valence-corrected chi connectivity index (χ2v) is 4.90. The second-order valence-electron chi connectivity index (χ2n) is 4.90. The highest BCUT2D eigenvalue weighted by atomic mass is 35.5. The first-order valence-electron chi connectivity index (χ1n) is 6.66. The number of rotatable bonds is 6. The van der Waals surface area contributed by atoms with E-state index in [2.05, 4.69) is 5.32 Å². The molecule has 1 aromatic carbocycles. The van der Waals surface area contributed by atoms with E-state index >= 15 is 0 Å². The van der Waals surface area contributed by atoms with Gasteiger partial charge in [-0.2, -0.15) is 0 Å². The summed E-state index contributed by atoms with van der Waals surface area (Å²) in [7, 11) is 0. The zero-order valence-corrected chi connectivity index (χ0v) is 13.3. The molecule has 7 heteroatoms. The van der Waals surface area contributed by atoms with Crippen LogP contribution in [0.1, 0.15) is 42.6 Å². The first-order valence-corrected chi connectivity index (χ1v) is 6.66. The molecular weight excluding hydrogens is 294 g/mol. The summed E-state index contributed by atoms with van der Waals surface area (Å²) in [6, 6.07) is 4.22. The Labute approximate surface area is 130 Å². The predicted molar refractivity (Wildman–Crippen MR) is 84.9 cm³/mol. The molecule has 3 N–H and O–H groups in total. The average Bonchev–Trinajstić information content (AvgIpc) is 2.44. The number of benzene rings is 1. The molecule has 0 atom stereocenters. The van der Waals surface area contributed by atoms with Crippen molar-refractivity contribution in [3.8, 4) is 0 Å². The number of carbonyl (C=O) groups excluding carboxylic acids is 1. The highest BCUT2D eigenvalue weighted by Crippen LogP contribution is 2.19. The first-order chi connectivity index (χ1) is 9.39. The largest absolute Gasteiger partial charge is 0.345 e. The lowest BCUT2D eigenvalue weighted by Crippen LogP contribution is -2.53. The van der Waals surface area contributed by atoms with Crippen LogP contribution in [0.4, 0.5) is 5.69 Å². The van der Waals surface area contributed by atoms with Gasteiger partial charge in [-0.15, -0.1) is 12.4 Å². The highest BCUT2D eigenvalue weighted by molar-refractivity contribution is 5.96. The molecule has 0 aromatic heterocycles. The fourth-order valence-electron chi connectivity index (χ4n) is 2.09. The van der Waals surface area contributed by atoms with Crippen molar-refractivity contribution in [3.05, 3.63) is 39.4 Å². The smallest absolute Gasteiger partial charge is 0.269 e. The fraction of sp³-hybridized carbons (Fsp3) is 0.500. The maximum atomic E-state index is 12.3. The van der Waals surface area contributed by atoms with Crippen LogP contribution < -0.4 is 11.1 Å². The second kappa shape index (κ2) is 7.95. The summed E-state index contributed by atoms with van der Waals surface area (Å²) in [6.07, 6.45) is 1.47. The summed E-state index contributed by atoms with van der Waals surface area (Å²) >= 11 is 0. The van der Waals surface area contributed by atoms with Gasteiger partial charge >= 0.3 is 0 Å². The van der Waals surface area contributed by atoms with Crippen LogP contribution in [-0.4, -0.2) is 22.9 Å². The van der Waals surface area contributed by atoms with Crippen LogP contribution in [0.25, 0.3) is 0 Å². The minimum atomic E-state index is -0.475. The molecule has 6 nitrogen and oxygen atoms in total. The average molecular weight is 316 g/mol. The topological polar surface area (TPSA) is 98.3 Å². The van der Waals surface area contributed by atoms with Crippen molar-refractivity contribution in [2.75, 3.05) is 6.54 Å². The standard InChI is InChI=1S/C14H21N3O3.ClH/c1-4-14(5-2,9-15)16-13(18)12-7-6-11(17(19)20)8-10(12)3;/h6-8H,4-5,9,15H2,1-3H3,(H,16,18);1H. The van der Waals surface area contributed by atoms with E-state index in [1.54, 1.807) is 6.92 Å². The molecule has 21 heavy (non-hydrogen) atoms.